The zero-order chi connectivity index (χ0) is 14.7. The molecule has 0 saturated heterocycles. The fraction of sp³-hybridized carbons (Fsp3) is 0.250. The molecule has 0 heterocycles. The van der Waals surface area contributed by atoms with Crippen LogP contribution in [0.3, 0.4) is 0 Å². The van der Waals surface area contributed by atoms with E-state index in [1.807, 2.05) is 32.2 Å². The van der Waals surface area contributed by atoms with Crippen molar-refractivity contribution in [3.63, 3.8) is 0 Å². The largest absolute Gasteiger partial charge is 0.313 e. The highest BCUT2D eigenvalue weighted by Gasteiger charge is 2.14. The Hall–Kier alpha value is -1.26. The Balaban J connectivity index is 2.26. The number of aryl methyl sites for hydroxylation is 1. The lowest BCUT2D eigenvalue weighted by Gasteiger charge is -2.18. The summed E-state index contributed by atoms with van der Waals surface area (Å²) in [6, 6.07) is 9.75. The fourth-order valence-corrected chi connectivity index (χ4v) is 2.52. The van der Waals surface area contributed by atoms with E-state index in [9.17, 15) is 8.78 Å². The van der Waals surface area contributed by atoms with Crippen molar-refractivity contribution in [3.8, 4) is 0 Å². The first-order valence-corrected chi connectivity index (χ1v) is 7.18. The van der Waals surface area contributed by atoms with Gasteiger partial charge in [-0.3, -0.25) is 0 Å². The topological polar surface area (TPSA) is 12.0 Å². The second kappa shape index (κ2) is 6.46. The van der Waals surface area contributed by atoms with Gasteiger partial charge in [-0.05, 0) is 49.2 Å². The van der Waals surface area contributed by atoms with Crippen molar-refractivity contribution < 1.29 is 8.78 Å². The van der Waals surface area contributed by atoms with Crippen molar-refractivity contribution in [2.75, 3.05) is 7.05 Å². The third-order valence-electron chi connectivity index (χ3n) is 3.39. The smallest absolute Gasteiger partial charge is 0.129 e. The highest BCUT2D eigenvalue weighted by molar-refractivity contribution is 9.10. The summed E-state index contributed by atoms with van der Waals surface area (Å²) in [7, 11) is 1.83. The van der Waals surface area contributed by atoms with Gasteiger partial charge >= 0.3 is 0 Å². The second-order valence-electron chi connectivity index (χ2n) is 4.79. The van der Waals surface area contributed by atoms with Gasteiger partial charge in [0.2, 0.25) is 0 Å². The highest BCUT2D eigenvalue weighted by Crippen LogP contribution is 2.25. The quantitative estimate of drug-likeness (QED) is 0.862. The molecule has 0 aliphatic rings. The Bertz CT molecular complexity index is 613. The van der Waals surface area contributed by atoms with Crippen LogP contribution in [0.15, 0.2) is 40.9 Å². The lowest BCUT2D eigenvalue weighted by molar-refractivity contribution is 0.540. The average Bonchev–Trinajstić information content (AvgIpc) is 2.41. The molecule has 0 aliphatic heterocycles. The van der Waals surface area contributed by atoms with Crippen LogP contribution in [-0.2, 0) is 6.42 Å². The molecular formula is C16H16BrF2N. The van der Waals surface area contributed by atoms with Gasteiger partial charge in [-0.2, -0.15) is 0 Å². The first-order valence-electron chi connectivity index (χ1n) is 6.38. The first kappa shape index (κ1) is 15.1. The van der Waals surface area contributed by atoms with E-state index in [0.717, 1.165) is 21.7 Å². The Morgan fingerprint density at radius 2 is 1.90 bits per heavy atom. The molecule has 1 nitrogen and oxygen atoms in total. The highest BCUT2D eigenvalue weighted by atomic mass is 79.9. The zero-order valence-electron chi connectivity index (χ0n) is 11.4. The van der Waals surface area contributed by atoms with Crippen LogP contribution in [0, 0.1) is 18.6 Å². The minimum atomic E-state index is -0.551. The van der Waals surface area contributed by atoms with Crippen molar-refractivity contribution in [1.82, 2.24) is 5.32 Å². The Morgan fingerprint density at radius 1 is 1.15 bits per heavy atom. The second-order valence-corrected chi connectivity index (χ2v) is 5.64. The van der Waals surface area contributed by atoms with E-state index in [-0.39, 0.29) is 6.04 Å². The van der Waals surface area contributed by atoms with Crippen LogP contribution < -0.4 is 5.32 Å². The van der Waals surface area contributed by atoms with Crippen LogP contribution in [0.1, 0.15) is 22.7 Å². The lowest BCUT2D eigenvalue weighted by Crippen LogP contribution is -2.19. The van der Waals surface area contributed by atoms with Gasteiger partial charge in [0, 0.05) is 16.6 Å². The fourth-order valence-electron chi connectivity index (χ4n) is 2.12. The molecule has 0 radical (unpaired) electrons. The van der Waals surface area contributed by atoms with Crippen LogP contribution in [0.25, 0.3) is 0 Å². The van der Waals surface area contributed by atoms with Gasteiger partial charge in [0.15, 0.2) is 0 Å². The third kappa shape index (κ3) is 3.44. The summed E-state index contributed by atoms with van der Waals surface area (Å²) in [5.41, 5.74) is 2.72. The average molecular weight is 340 g/mol. The van der Waals surface area contributed by atoms with Gasteiger partial charge in [-0.25, -0.2) is 8.78 Å². The van der Waals surface area contributed by atoms with Crippen molar-refractivity contribution in [3.05, 3.63) is 69.2 Å². The molecule has 2 aromatic rings. The van der Waals surface area contributed by atoms with Crippen molar-refractivity contribution in [1.29, 1.82) is 0 Å². The molecule has 2 aromatic carbocycles. The number of benzene rings is 2. The molecule has 0 amide bonds. The summed E-state index contributed by atoms with van der Waals surface area (Å²) >= 11 is 3.50. The van der Waals surface area contributed by atoms with Gasteiger partial charge in [0.05, 0.1) is 0 Å². The number of rotatable bonds is 4. The number of likely N-dealkylation sites (N-methyl/N-ethyl adjacent to an activating group) is 1. The van der Waals surface area contributed by atoms with Crippen LogP contribution in [0.4, 0.5) is 8.78 Å². The molecule has 2 rings (SSSR count). The number of hydrogen-bond donors (Lipinski definition) is 1. The Labute approximate surface area is 126 Å². The maximum Gasteiger partial charge on any atom is 0.129 e. The summed E-state index contributed by atoms with van der Waals surface area (Å²) < 4.78 is 27.7. The molecule has 0 spiro atoms. The van der Waals surface area contributed by atoms with Crippen molar-refractivity contribution >= 4 is 15.9 Å². The maximum absolute atomic E-state index is 13.7. The monoisotopic (exact) mass is 339 g/mol. The summed E-state index contributed by atoms with van der Waals surface area (Å²) in [5.74, 6) is -1.05. The summed E-state index contributed by atoms with van der Waals surface area (Å²) in [4.78, 5) is 0. The molecule has 0 aliphatic carbocycles. The first-order chi connectivity index (χ1) is 9.51. The molecule has 0 saturated carbocycles. The maximum atomic E-state index is 13.7. The minimum absolute atomic E-state index is 0.0214. The van der Waals surface area contributed by atoms with E-state index in [1.54, 1.807) is 0 Å². The van der Waals surface area contributed by atoms with E-state index in [1.165, 1.54) is 12.1 Å². The summed E-state index contributed by atoms with van der Waals surface area (Å²) in [6.45, 7) is 2.02. The molecule has 20 heavy (non-hydrogen) atoms. The van der Waals surface area contributed by atoms with Crippen LogP contribution in [0.2, 0.25) is 0 Å². The van der Waals surface area contributed by atoms with Gasteiger partial charge in [-0.15, -0.1) is 0 Å². The molecule has 1 atom stereocenters. The number of hydrogen-bond acceptors (Lipinski definition) is 1. The van der Waals surface area contributed by atoms with Gasteiger partial charge in [0.1, 0.15) is 11.6 Å². The van der Waals surface area contributed by atoms with Crippen molar-refractivity contribution in [2.45, 2.75) is 19.4 Å². The summed E-state index contributed by atoms with van der Waals surface area (Å²) in [5, 5.41) is 3.17. The standard InChI is InChI=1S/C16H16BrF2N/c1-10-3-4-12(7-14(10)17)16(20-2)8-11-5-6-13(18)9-15(11)19/h3-7,9,16,20H,8H2,1-2H3. The molecular weight excluding hydrogens is 324 g/mol. The minimum Gasteiger partial charge on any atom is -0.313 e. The lowest BCUT2D eigenvalue weighted by atomic mass is 9.98. The molecule has 4 heteroatoms. The van der Waals surface area contributed by atoms with Gasteiger partial charge in [-0.1, -0.05) is 34.1 Å². The van der Waals surface area contributed by atoms with Crippen LogP contribution in [0.5, 0.6) is 0 Å². The molecule has 0 aromatic heterocycles. The zero-order valence-corrected chi connectivity index (χ0v) is 13.0. The van der Waals surface area contributed by atoms with Crippen molar-refractivity contribution in [2.24, 2.45) is 0 Å². The molecule has 0 bridgehead atoms. The number of halogens is 3. The SMILES string of the molecule is CNC(Cc1ccc(F)cc1F)c1ccc(C)c(Br)c1. The van der Waals surface area contributed by atoms with E-state index in [2.05, 4.69) is 21.2 Å². The van der Waals surface area contributed by atoms with E-state index in [0.29, 0.717) is 12.0 Å². The molecule has 0 fully saturated rings. The third-order valence-corrected chi connectivity index (χ3v) is 4.24. The number of nitrogens with one attached hydrogen (secondary N) is 1. The predicted octanol–water partition coefficient (Wildman–Crippen LogP) is 4.54. The molecule has 1 N–H and O–H groups in total. The Kier molecular flexibility index (Phi) is 4.89. The van der Waals surface area contributed by atoms with E-state index in [4.69, 9.17) is 0 Å². The van der Waals surface area contributed by atoms with Gasteiger partial charge in [0.25, 0.3) is 0 Å². The van der Waals surface area contributed by atoms with E-state index < -0.39 is 11.6 Å². The van der Waals surface area contributed by atoms with Gasteiger partial charge < -0.3 is 5.32 Å². The van der Waals surface area contributed by atoms with Crippen LogP contribution >= 0.6 is 15.9 Å². The normalized spacial score (nSPS) is 12.4. The van der Waals surface area contributed by atoms with Crippen LogP contribution in [-0.4, -0.2) is 7.05 Å². The Morgan fingerprint density at radius 3 is 2.50 bits per heavy atom. The predicted molar refractivity (Wildman–Crippen MR) is 80.7 cm³/mol. The molecule has 106 valence electrons. The molecule has 1 unspecified atom stereocenters. The summed E-state index contributed by atoms with van der Waals surface area (Å²) in [6.07, 6.45) is 0.470. The van der Waals surface area contributed by atoms with E-state index >= 15 is 0 Å².